The van der Waals surface area contributed by atoms with E-state index in [0.29, 0.717) is 85.5 Å². The molecule has 0 spiro atoms. The predicted octanol–water partition coefficient (Wildman–Crippen LogP) is 0.558. The smallest absolute Gasteiger partial charge is 0.128 e. The van der Waals surface area contributed by atoms with Gasteiger partial charge in [-0.1, -0.05) is 25.9 Å². The van der Waals surface area contributed by atoms with E-state index in [9.17, 15) is 15.1 Å². The zero-order chi connectivity index (χ0) is 31.1. The number of hydrogen-bond donors (Lipinski definition) is 2. The van der Waals surface area contributed by atoms with Crippen molar-refractivity contribution in [2.24, 2.45) is 10.6 Å². The number of hydrogen-bond acceptors (Lipinski definition) is 13. The second-order valence-corrected chi connectivity index (χ2v) is 11.0. The van der Waals surface area contributed by atoms with Gasteiger partial charge >= 0.3 is 0 Å². The van der Waals surface area contributed by atoms with Crippen molar-refractivity contribution in [3.8, 4) is 0 Å². The minimum absolute atomic E-state index is 0.182. The average molecular weight is 609 g/mol. The molecule has 3 atom stereocenters. The van der Waals surface area contributed by atoms with Crippen LogP contribution in [0.4, 0.5) is 0 Å². The molecule has 13 heteroatoms. The number of nitroso groups, excluding NO2 is 1. The van der Waals surface area contributed by atoms with Crippen LogP contribution < -0.4 is 0 Å². The van der Waals surface area contributed by atoms with Crippen LogP contribution in [0.2, 0.25) is 0 Å². The minimum Gasteiger partial charge on any atom is -0.389 e. The van der Waals surface area contributed by atoms with Gasteiger partial charge in [0.25, 0.3) is 0 Å². The topological polar surface area (TPSA) is 135 Å². The summed E-state index contributed by atoms with van der Waals surface area (Å²) in [5, 5.41) is 24.3. The lowest BCUT2D eigenvalue weighted by atomic mass is 9.88. The maximum absolute atomic E-state index is 11.4. The van der Waals surface area contributed by atoms with Gasteiger partial charge < -0.3 is 43.5 Å². The molecule has 0 saturated carbocycles. The number of β-amino-alcohol motifs (C(OH)–C–C–N with tert-alkyl or cyclic N) is 2. The van der Waals surface area contributed by atoms with Crippen LogP contribution in [0.1, 0.15) is 27.2 Å². The number of likely N-dealkylation sites (N-methyl/N-ethyl adjacent to an activating group) is 1. The molecule has 2 N–H and O–H groups in total. The van der Waals surface area contributed by atoms with Gasteiger partial charge in [0, 0.05) is 64.9 Å². The van der Waals surface area contributed by atoms with Gasteiger partial charge in [0.1, 0.15) is 6.04 Å². The van der Waals surface area contributed by atoms with Gasteiger partial charge in [0.05, 0.1) is 84.9 Å². The Morgan fingerprint density at radius 3 is 1.71 bits per heavy atom. The number of nitrogens with zero attached hydrogens (tertiary/aromatic N) is 4. The summed E-state index contributed by atoms with van der Waals surface area (Å²) >= 11 is 0. The molecular formula is C29H60N4O9. The van der Waals surface area contributed by atoms with Gasteiger partial charge in [0.2, 0.25) is 0 Å². The van der Waals surface area contributed by atoms with Crippen LogP contribution in [0.3, 0.4) is 0 Å². The van der Waals surface area contributed by atoms with Crippen LogP contribution >= 0.6 is 0 Å². The van der Waals surface area contributed by atoms with Crippen molar-refractivity contribution in [3.05, 3.63) is 4.91 Å². The first-order valence-electron chi connectivity index (χ1n) is 15.6. The zero-order valence-electron chi connectivity index (χ0n) is 26.9. The van der Waals surface area contributed by atoms with Crippen molar-refractivity contribution in [1.29, 1.82) is 0 Å². The molecule has 2 fully saturated rings. The minimum atomic E-state index is -0.615. The van der Waals surface area contributed by atoms with E-state index in [4.69, 9.17) is 28.4 Å². The third-order valence-electron chi connectivity index (χ3n) is 7.40. The molecule has 42 heavy (non-hydrogen) atoms. The molecule has 3 unspecified atom stereocenters. The fraction of sp³-hybridized carbons (Fsp3) is 1.00. The summed E-state index contributed by atoms with van der Waals surface area (Å²) in [6, 6.07) is -0.510. The molecule has 2 aliphatic heterocycles. The van der Waals surface area contributed by atoms with E-state index in [0.717, 1.165) is 26.2 Å². The highest BCUT2D eigenvalue weighted by Crippen LogP contribution is 2.25. The maximum Gasteiger partial charge on any atom is 0.128 e. The molecule has 2 rings (SSSR count). The predicted molar refractivity (Wildman–Crippen MR) is 162 cm³/mol. The van der Waals surface area contributed by atoms with Gasteiger partial charge in [-0.05, 0) is 13.5 Å². The molecule has 0 aromatic carbocycles. The highest BCUT2D eigenvalue weighted by atomic mass is 16.5. The second kappa shape index (κ2) is 24.5. The molecule has 250 valence electrons. The van der Waals surface area contributed by atoms with Gasteiger partial charge in [-0.2, -0.15) is 4.91 Å². The lowest BCUT2D eigenvalue weighted by Gasteiger charge is -2.34. The quantitative estimate of drug-likeness (QED) is 0.157. The van der Waals surface area contributed by atoms with E-state index >= 15 is 0 Å². The normalized spacial score (nSPS) is 20.4. The highest BCUT2D eigenvalue weighted by molar-refractivity contribution is 4.80. The maximum atomic E-state index is 11.4. The monoisotopic (exact) mass is 608 g/mol. The Morgan fingerprint density at radius 1 is 0.857 bits per heavy atom. The summed E-state index contributed by atoms with van der Waals surface area (Å²) in [5.41, 5.74) is -0.507. The third-order valence-corrected chi connectivity index (χ3v) is 7.40. The van der Waals surface area contributed by atoms with Crippen molar-refractivity contribution >= 4 is 0 Å². The van der Waals surface area contributed by atoms with Crippen molar-refractivity contribution in [2.45, 2.75) is 45.4 Å². The zero-order valence-corrected chi connectivity index (χ0v) is 26.9. The number of methoxy groups -OCH3 is 1. The summed E-state index contributed by atoms with van der Waals surface area (Å²) in [7, 11) is 3.56. The first-order valence-corrected chi connectivity index (χ1v) is 15.6. The average Bonchev–Trinajstić information content (AvgIpc) is 3.01. The summed E-state index contributed by atoms with van der Waals surface area (Å²) in [5.74, 6) is 0. The van der Waals surface area contributed by atoms with E-state index < -0.39 is 23.7 Å². The molecule has 2 heterocycles. The van der Waals surface area contributed by atoms with Crippen LogP contribution in [0, 0.1) is 10.3 Å². The number of aliphatic hydroxyl groups excluding tert-OH is 2. The van der Waals surface area contributed by atoms with Crippen LogP contribution in [-0.2, 0) is 28.4 Å². The van der Waals surface area contributed by atoms with E-state index in [-0.39, 0.29) is 19.8 Å². The Labute approximate surface area is 253 Å². The van der Waals surface area contributed by atoms with Crippen molar-refractivity contribution in [3.63, 3.8) is 0 Å². The molecule has 2 aliphatic rings. The molecule has 0 radical (unpaired) electrons. The van der Waals surface area contributed by atoms with Gasteiger partial charge in [-0.25, -0.2) is 0 Å². The molecular weight excluding hydrogens is 548 g/mol. The Bertz CT molecular complexity index is 608. The van der Waals surface area contributed by atoms with Crippen LogP contribution in [0.15, 0.2) is 5.18 Å². The second-order valence-electron chi connectivity index (χ2n) is 11.0. The molecule has 0 bridgehead atoms. The fourth-order valence-corrected chi connectivity index (χ4v) is 4.75. The molecule has 0 aliphatic carbocycles. The number of morpholine rings is 2. The van der Waals surface area contributed by atoms with Crippen LogP contribution in [0.5, 0.6) is 0 Å². The molecule has 0 aromatic heterocycles. The standard InChI is InChI=1S/C27H54N4O9.C2H6/c1-4-27(21-38-18-24(28-34)15-29(2)5-10-35-3,22-39-19-25(32)16-30-6-11-36-12-7-30)23-40-20-26(33)17-31-8-13-37-14-9-31;1-2/h24-26,32-33H,4-23H2,1-3H3;1-2H3. The van der Waals surface area contributed by atoms with E-state index in [1.807, 2.05) is 32.7 Å². The van der Waals surface area contributed by atoms with E-state index in [2.05, 4.69) is 15.0 Å². The molecule has 2 saturated heterocycles. The van der Waals surface area contributed by atoms with Crippen LogP contribution in [-0.4, -0.2) is 182 Å². The van der Waals surface area contributed by atoms with Crippen molar-refractivity contribution in [1.82, 2.24) is 14.7 Å². The van der Waals surface area contributed by atoms with E-state index in [1.165, 1.54) is 0 Å². The molecule has 0 amide bonds. The largest absolute Gasteiger partial charge is 0.389 e. The fourth-order valence-electron chi connectivity index (χ4n) is 4.75. The van der Waals surface area contributed by atoms with Crippen molar-refractivity contribution < 1.29 is 38.6 Å². The Hall–Kier alpha value is -0.840. The SMILES string of the molecule is CC.CCC(COCC(O)CN1CCOCC1)(COCC(O)CN1CCOCC1)COCC(CN(C)CCOC)N=O. The lowest BCUT2D eigenvalue weighted by molar-refractivity contribution is -0.0991. The third kappa shape index (κ3) is 17.5. The first-order chi connectivity index (χ1) is 20.4. The van der Waals surface area contributed by atoms with Gasteiger partial charge in [-0.15, -0.1) is 0 Å². The summed E-state index contributed by atoms with van der Waals surface area (Å²) < 4.78 is 33.9. The van der Waals surface area contributed by atoms with Gasteiger partial charge in [-0.3, -0.25) is 9.80 Å². The van der Waals surface area contributed by atoms with E-state index in [1.54, 1.807) is 7.11 Å². The summed E-state index contributed by atoms with van der Waals surface area (Å²) in [6.07, 6.45) is -0.536. The van der Waals surface area contributed by atoms with Crippen molar-refractivity contribution in [2.75, 3.05) is 139 Å². The first kappa shape index (κ1) is 39.2. The Morgan fingerprint density at radius 2 is 1.31 bits per heavy atom. The summed E-state index contributed by atoms with van der Waals surface area (Å²) in [4.78, 5) is 17.8. The summed E-state index contributed by atoms with van der Waals surface area (Å²) in [6.45, 7) is 16.3. The number of aliphatic hydroxyl groups is 2. The number of rotatable bonds is 23. The van der Waals surface area contributed by atoms with Gasteiger partial charge in [0.15, 0.2) is 0 Å². The molecule has 13 nitrogen and oxygen atoms in total. The lowest BCUT2D eigenvalue weighted by Crippen LogP contribution is -2.44. The Balaban J connectivity index is 0.00000431. The highest BCUT2D eigenvalue weighted by Gasteiger charge is 2.31. The van der Waals surface area contributed by atoms with Crippen LogP contribution in [0.25, 0.3) is 0 Å². The Kier molecular flexibility index (Phi) is 22.8. The number of ether oxygens (including phenoxy) is 6. The molecule has 0 aromatic rings.